The van der Waals surface area contributed by atoms with Crippen molar-refractivity contribution in [1.29, 1.82) is 0 Å². The maximum Gasteiger partial charge on any atom is 0.244 e. The zero-order valence-corrected chi connectivity index (χ0v) is 26.2. The van der Waals surface area contributed by atoms with Gasteiger partial charge < -0.3 is 20.4 Å². The lowest BCUT2D eigenvalue weighted by molar-refractivity contribution is -0.132. The topological polar surface area (TPSA) is 64.7 Å². The van der Waals surface area contributed by atoms with Gasteiger partial charge in [0.15, 0.2) is 0 Å². The fourth-order valence-corrected chi connectivity index (χ4v) is 5.76. The highest BCUT2D eigenvalue weighted by Crippen LogP contribution is 2.25. The van der Waals surface area contributed by atoms with E-state index in [4.69, 9.17) is 11.6 Å². The van der Waals surface area contributed by atoms with Crippen LogP contribution in [0.15, 0.2) is 91.0 Å². The van der Waals surface area contributed by atoms with Crippen LogP contribution in [0.3, 0.4) is 0 Å². The Kier molecular flexibility index (Phi) is 12.8. The van der Waals surface area contributed by atoms with Crippen molar-refractivity contribution in [1.82, 2.24) is 20.4 Å². The van der Waals surface area contributed by atoms with E-state index in [0.717, 1.165) is 31.6 Å². The van der Waals surface area contributed by atoms with E-state index < -0.39 is 0 Å². The van der Waals surface area contributed by atoms with E-state index in [0.29, 0.717) is 18.1 Å². The number of hydrogen-bond acceptors (Lipinski definition) is 4. The van der Waals surface area contributed by atoms with Crippen LogP contribution >= 0.6 is 11.6 Å². The Bertz CT molecular complexity index is 1250. The molecule has 6 nitrogen and oxygen atoms in total. The van der Waals surface area contributed by atoms with E-state index in [9.17, 15) is 9.59 Å². The molecule has 0 aromatic heterocycles. The molecule has 0 bridgehead atoms. The average molecular weight is 601 g/mol. The first kappa shape index (κ1) is 32.5. The van der Waals surface area contributed by atoms with Crippen LogP contribution in [0.25, 0.3) is 6.08 Å². The maximum absolute atomic E-state index is 14.0. The van der Waals surface area contributed by atoms with Crippen LogP contribution in [-0.4, -0.2) is 73.5 Å². The molecule has 228 valence electrons. The Labute approximate surface area is 262 Å². The Morgan fingerprint density at radius 3 is 2.12 bits per heavy atom. The predicted molar refractivity (Wildman–Crippen MR) is 177 cm³/mol. The minimum Gasteiger partial charge on any atom is -0.351 e. The van der Waals surface area contributed by atoms with Gasteiger partial charge in [0, 0.05) is 49.7 Å². The number of amides is 2. The smallest absolute Gasteiger partial charge is 0.244 e. The molecule has 1 saturated heterocycles. The first-order valence-electron chi connectivity index (χ1n) is 15.4. The molecule has 0 radical (unpaired) electrons. The molecule has 43 heavy (non-hydrogen) atoms. The summed E-state index contributed by atoms with van der Waals surface area (Å²) in [4.78, 5) is 30.9. The van der Waals surface area contributed by atoms with E-state index in [1.54, 1.807) is 18.2 Å². The van der Waals surface area contributed by atoms with Crippen LogP contribution in [-0.2, 0) is 9.59 Å². The molecular formula is C36H45ClN4O2. The summed E-state index contributed by atoms with van der Waals surface area (Å²) in [6, 6.07) is 27.7. The van der Waals surface area contributed by atoms with Crippen molar-refractivity contribution in [3.8, 4) is 0 Å². The van der Waals surface area contributed by atoms with Gasteiger partial charge in [-0.1, -0.05) is 90.8 Å². The van der Waals surface area contributed by atoms with Crippen molar-refractivity contribution in [2.75, 3.05) is 39.8 Å². The molecule has 2 amide bonds. The standard InChI is InChI=1S/C36H45ClN4O2/c1-28(26-38-35(42)21-18-29-16-19-32(37)20-17-29)39-34(22-25-41-23-10-5-11-24-41)36(43)40(2)27-33(30-12-6-3-7-13-30)31-14-8-4-9-15-31/h3-4,6-9,12-21,28,33-34,39H,5,10-11,22-27H2,1-2H3,(H,38,42)/b21-18+/t28?,34-/m0/s1. The summed E-state index contributed by atoms with van der Waals surface area (Å²) in [5, 5.41) is 7.18. The highest BCUT2D eigenvalue weighted by atomic mass is 35.5. The monoisotopic (exact) mass is 600 g/mol. The second-order valence-corrected chi connectivity index (χ2v) is 12.0. The lowest BCUT2D eigenvalue weighted by Crippen LogP contribution is -2.52. The Morgan fingerprint density at radius 2 is 1.51 bits per heavy atom. The second-order valence-electron chi connectivity index (χ2n) is 11.5. The normalized spacial score (nSPS) is 15.3. The van der Waals surface area contributed by atoms with Gasteiger partial charge in [-0.3, -0.25) is 9.59 Å². The number of rotatable bonds is 14. The van der Waals surface area contributed by atoms with Gasteiger partial charge >= 0.3 is 0 Å². The van der Waals surface area contributed by atoms with E-state index in [2.05, 4.69) is 64.1 Å². The van der Waals surface area contributed by atoms with Crippen molar-refractivity contribution >= 4 is 29.5 Å². The number of benzene rings is 3. The molecule has 1 fully saturated rings. The van der Waals surface area contributed by atoms with Gasteiger partial charge in [0.1, 0.15) is 0 Å². The SMILES string of the molecule is CC(CNC(=O)/C=C/c1ccc(Cl)cc1)N[C@@H](CCN1CCCCC1)C(=O)N(C)CC(c1ccccc1)c1ccccc1. The second kappa shape index (κ2) is 17.0. The molecule has 2 atom stereocenters. The molecule has 2 N–H and O–H groups in total. The third-order valence-electron chi connectivity index (χ3n) is 8.08. The van der Waals surface area contributed by atoms with Crippen molar-refractivity contribution in [2.24, 2.45) is 0 Å². The predicted octanol–water partition coefficient (Wildman–Crippen LogP) is 5.98. The molecule has 0 saturated carbocycles. The van der Waals surface area contributed by atoms with Gasteiger partial charge in [-0.05, 0) is 74.2 Å². The largest absolute Gasteiger partial charge is 0.351 e. The Balaban J connectivity index is 1.39. The summed E-state index contributed by atoms with van der Waals surface area (Å²) in [5.41, 5.74) is 3.28. The summed E-state index contributed by atoms with van der Waals surface area (Å²) < 4.78 is 0. The van der Waals surface area contributed by atoms with Crippen LogP contribution in [0, 0.1) is 0 Å². The molecule has 1 aliphatic heterocycles. The van der Waals surface area contributed by atoms with E-state index in [1.165, 1.54) is 36.5 Å². The highest BCUT2D eigenvalue weighted by molar-refractivity contribution is 6.30. The van der Waals surface area contributed by atoms with Crippen LogP contribution in [0.1, 0.15) is 55.2 Å². The number of likely N-dealkylation sites (tertiary alicyclic amines) is 1. The first-order valence-corrected chi connectivity index (χ1v) is 15.8. The first-order chi connectivity index (χ1) is 20.9. The molecule has 3 aromatic rings. The molecular weight excluding hydrogens is 556 g/mol. The molecule has 1 heterocycles. The summed E-state index contributed by atoms with van der Waals surface area (Å²) in [6.07, 6.45) is 7.72. The number of nitrogens with one attached hydrogen (secondary N) is 2. The molecule has 7 heteroatoms. The van der Waals surface area contributed by atoms with E-state index in [-0.39, 0.29) is 29.8 Å². The van der Waals surface area contributed by atoms with Crippen LogP contribution in [0.4, 0.5) is 0 Å². The fourth-order valence-electron chi connectivity index (χ4n) is 5.64. The number of nitrogens with zero attached hydrogens (tertiary/aromatic N) is 2. The minimum absolute atomic E-state index is 0.0724. The van der Waals surface area contributed by atoms with Crippen molar-refractivity contribution in [3.05, 3.63) is 113 Å². The van der Waals surface area contributed by atoms with Crippen LogP contribution in [0.2, 0.25) is 5.02 Å². The summed E-state index contributed by atoms with van der Waals surface area (Å²) in [6.45, 7) is 6.06. The van der Waals surface area contributed by atoms with Crippen molar-refractivity contribution < 1.29 is 9.59 Å². The lowest BCUT2D eigenvalue weighted by atomic mass is 9.90. The van der Waals surface area contributed by atoms with Gasteiger partial charge in [-0.2, -0.15) is 0 Å². The molecule has 4 rings (SSSR count). The number of carbonyl (C=O) groups excluding carboxylic acids is 2. The molecule has 3 aromatic carbocycles. The van der Waals surface area contributed by atoms with Crippen LogP contribution in [0.5, 0.6) is 0 Å². The van der Waals surface area contributed by atoms with E-state index >= 15 is 0 Å². The molecule has 0 aliphatic carbocycles. The highest BCUT2D eigenvalue weighted by Gasteiger charge is 2.27. The van der Waals surface area contributed by atoms with Crippen LogP contribution < -0.4 is 10.6 Å². The number of likely N-dealkylation sites (N-methyl/N-ethyl adjacent to an activating group) is 1. The third kappa shape index (κ3) is 10.6. The average Bonchev–Trinajstić information content (AvgIpc) is 3.05. The Morgan fingerprint density at radius 1 is 0.907 bits per heavy atom. The number of carbonyl (C=O) groups is 2. The van der Waals surface area contributed by atoms with Gasteiger partial charge in [-0.15, -0.1) is 0 Å². The molecule has 0 spiro atoms. The lowest BCUT2D eigenvalue weighted by Gasteiger charge is -2.32. The van der Waals surface area contributed by atoms with E-state index in [1.807, 2.05) is 43.1 Å². The van der Waals surface area contributed by atoms with Gasteiger partial charge in [0.05, 0.1) is 6.04 Å². The Hall–Kier alpha value is -3.45. The zero-order chi connectivity index (χ0) is 30.4. The number of halogens is 1. The van der Waals surface area contributed by atoms with Crippen molar-refractivity contribution in [3.63, 3.8) is 0 Å². The quantitative estimate of drug-likeness (QED) is 0.223. The fraction of sp³-hybridized carbons (Fsp3) is 0.389. The maximum atomic E-state index is 14.0. The molecule has 1 unspecified atom stereocenters. The van der Waals surface area contributed by atoms with Gasteiger partial charge in [-0.25, -0.2) is 0 Å². The summed E-state index contributed by atoms with van der Waals surface area (Å²) in [5.74, 6) is -0.0246. The van der Waals surface area contributed by atoms with Crippen molar-refractivity contribution in [2.45, 2.75) is 50.6 Å². The van der Waals surface area contributed by atoms with Gasteiger partial charge in [0.2, 0.25) is 11.8 Å². The summed E-state index contributed by atoms with van der Waals surface area (Å²) >= 11 is 5.95. The zero-order valence-electron chi connectivity index (χ0n) is 25.4. The minimum atomic E-state index is -0.351. The number of hydrogen-bond donors (Lipinski definition) is 2. The molecule has 1 aliphatic rings. The number of piperidine rings is 1. The third-order valence-corrected chi connectivity index (χ3v) is 8.33. The summed E-state index contributed by atoms with van der Waals surface area (Å²) in [7, 11) is 1.91. The van der Waals surface area contributed by atoms with Gasteiger partial charge in [0.25, 0.3) is 0 Å².